The molecule has 0 radical (unpaired) electrons. The van der Waals surface area contributed by atoms with E-state index in [0.29, 0.717) is 12.8 Å². The Labute approximate surface area is 370 Å². The zero-order valence-electron chi connectivity index (χ0n) is 36.9. The van der Waals surface area contributed by atoms with Gasteiger partial charge in [0.1, 0.15) is 12.7 Å². The second-order valence-electron chi connectivity index (χ2n) is 14.2. The average Bonchev–Trinajstić information content (AvgIpc) is 3.25. The van der Waals surface area contributed by atoms with Crippen LogP contribution in [0.1, 0.15) is 110 Å². The number of allylic oxidation sites excluding steroid dienone is 18. The van der Waals surface area contributed by atoms with Crippen LogP contribution in [0.2, 0.25) is 0 Å². The highest BCUT2D eigenvalue weighted by atomic mass is 31.2. The molecule has 0 saturated carbocycles. The van der Waals surface area contributed by atoms with Crippen LogP contribution in [0.25, 0.3) is 0 Å². The van der Waals surface area contributed by atoms with Gasteiger partial charge in [0.05, 0.1) is 38.1 Å². The maximum atomic E-state index is 12.6. The lowest BCUT2D eigenvalue weighted by molar-refractivity contribution is -0.161. The molecule has 0 spiro atoms. The molecule has 0 aliphatic rings. The molecule has 0 aromatic rings. The summed E-state index contributed by atoms with van der Waals surface area (Å²) in [5, 5.41) is 48.8. The van der Waals surface area contributed by atoms with Gasteiger partial charge in [-0.15, -0.1) is 0 Å². The highest BCUT2D eigenvalue weighted by Gasteiger charge is 2.27. The van der Waals surface area contributed by atoms with Crippen LogP contribution in [-0.4, -0.2) is 99.3 Å². The van der Waals surface area contributed by atoms with Crippen molar-refractivity contribution in [3.05, 3.63) is 122 Å². The van der Waals surface area contributed by atoms with Gasteiger partial charge in [0.25, 0.3) is 0 Å². The van der Waals surface area contributed by atoms with E-state index in [1.807, 2.05) is 18.2 Å². The molecule has 6 N–H and O–H groups in total. The van der Waals surface area contributed by atoms with Crippen LogP contribution in [0.3, 0.4) is 0 Å². The first-order valence-electron chi connectivity index (χ1n) is 21.8. The minimum atomic E-state index is -4.74. The summed E-state index contributed by atoms with van der Waals surface area (Å²) in [6.07, 6.45) is 42.5. The summed E-state index contributed by atoms with van der Waals surface area (Å²) in [4.78, 5) is 35.0. The molecule has 0 rings (SSSR count). The maximum absolute atomic E-state index is 12.6. The number of carbonyl (C=O) groups is 2. The molecule has 14 heteroatoms. The van der Waals surface area contributed by atoms with Gasteiger partial charge in [-0.05, 0) is 64.2 Å². The SMILES string of the molecule is CC/C=C\C/C=C\C/C=C\C/C=C\C/C=C\C/C=C\CCC(=O)OC[C@H](COP(=O)(O)OC[C@@H](O)CO)OC(=O)CCC[C@H](O)[C@@H](O)/C=C/C=C/C=C\C=C\[C@@H](O)CCCCC. The van der Waals surface area contributed by atoms with E-state index >= 15 is 0 Å². The summed E-state index contributed by atoms with van der Waals surface area (Å²) in [6.45, 7) is 1.64. The molecule has 0 bridgehead atoms. The fourth-order valence-corrected chi connectivity index (χ4v) is 5.78. The molecule has 0 aromatic heterocycles. The first-order valence-corrected chi connectivity index (χ1v) is 23.3. The number of phosphoric acid groups is 1. The van der Waals surface area contributed by atoms with Gasteiger partial charge in [-0.2, -0.15) is 0 Å². The lowest BCUT2D eigenvalue weighted by Gasteiger charge is -2.20. The molecular weight excluding hydrogens is 815 g/mol. The zero-order chi connectivity index (χ0) is 45.9. The molecule has 0 amide bonds. The summed E-state index contributed by atoms with van der Waals surface area (Å²) in [5.41, 5.74) is 0. The number of hydrogen-bond acceptors (Lipinski definition) is 12. The van der Waals surface area contributed by atoms with Crippen molar-refractivity contribution in [1.82, 2.24) is 0 Å². The first kappa shape index (κ1) is 58.2. The fraction of sp³-hybridized carbons (Fsp3) is 0.542. The Bertz CT molecular complexity index is 1490. The van der Waals surface area contributed by atoms with E-state index in [0.717, 1.165) is 57.8 Å². The van der Waals surface area contributed by atoms with Crippen LogP contribution in [-0.2, 0) is 32.7 Å². The quantitative estimate of drug-likeness (QED) is 0.0113. The summed E-state index contributed by atoms with van der Waals surface area (Å²) < 4.78 is 32.4. The first-order chi connectivity index (χ1) is 29.9. The molecule has 350 valence electrons. The van der Waals surface area contributed by atoms with Crippen LogP contribution in [0.15, 0.2) is 122 Å². The average molecular weight is 891 g/mol. The van der Waals surface area contributed by atoms with Crippen molar-refractivity contribution >= 4 is 19.8 Å². The van der Waals surface area contributed by atoms with Crippen LogP contribution in [0.5, 0.6) is 0 Å². The van der Waals surface area contributed by atoms with Crippen molar-refractivity contribution in [1.29, 1.82) is 0 Å². The predicted octanol–water partition coefficient (Wildman–Crippen LogP) is 8.46. The van der Waals surface area contributed by atoms with Gasteiger partial charge in [0, 0.05) is 12.8 Å². The number of ether oxygens (including phenoxy) is 2. The zero-order valence-corrected chi connectivity index (χ0v) is 37.8. The van der Waals surface area contributed by atoms with Crippen LogP contribution in [0.4, 0.5) is 0 Å². The molecule has 13 nitrogen and oxygen atoms in total. The smallest absolute Gasteiger partial charge is 0.462 e. The van der Waals surface area contributed by atoms with Gasteiger partial charge >= 0.3 is 19.8 Å². The molecule has 0 saturated heterocycles. The Hall–Kier alpha value is -3.75. The maximum Gasteiger partial charge on any atom is 0.472 e. The van der Waals surface area contributed by atoms with Crippen LogP contribution >= 0.6 is 7.82 Å². The molecule has 0 fully saturated rings. The standard InChI is InChI=1S/C48H75O13P/c1-3-5-7-8-9-10-11-12-13-14-15-16-17-18-19-20-21-26-30-36-47(54)58-40-44(41-60-62(56,57)59-39-43(51)38-49)61-48(55)37-31-35-46(53)45(52)34-29-25-23-22-24-28-33-42(50)32-27-6-4-2/h5,7,9-10,12-13,15-16,18-19,21-26,28-29,33-34,42-46,49-53H,3-4,6,8,11,14,17,20,27,30-32,35-41H2,1-2H3,(H,56,57)/b7-5-,10-9-,13-12-,16-15-,19-18-,24-22-,25-23+,26-21-,33-28+,34-29+/t42-,43-,44+,45-,46-/m0/s1. The van der Waals surface area contributed by atoms with Gasteiger partial charge in [0.2, 0.25) is 0 Å². The Morgan fingerprint density at radius 3 is 1.69 bits per heavy atom. The third kappa shape index (κ3) is 39.1. The van der Waals surface area contributed by atoms with E-state index in [9.17, 15) is 39.5 Å². The Balaban J connectivity index is 4.76. The van der Waals surface area contributed by atoms with E-state index in [1.165, 1.54) is 6.08 Å². The van der Waals surface area contributed by atoms with Crippen molar-refractivity contribution in [2.75, 3.05) is 26.4 Å². The molecule has 0 aliphatic heterocycles. The van der Waals surface area contributed by atoms with Gasteiger partial charge in [0.15, 0.2) is 6.10 Å². The molecule has 0 aromatic carbocycles. The van der Waals surface area contributed by atoms with Crippen molar-refractivity contribution in [2.24, 2.45) is 0 Å². The number of carbonyl (C=O) groups excluding carboxylic acids is 2. The topological polar surface area (TPSA) is 210 Å². The summed E-state index contributed by atoms with van der Waals surface area (Å²) in [5.74, 6) is -1.37. The Morgan fingerprint density at radius 2 is 1.13 bits per heavy atom. The van der Waals surface area contributed by atoms with E-state index < -0.39 is 76.7 Å². The fourth-order valence-electron chi connectivity index (χ4n) is 4.99. The minimum Gasteiger partial charge on any atom is -0.462 e. The van der Waals surface area contributed by atoms with Gasteiger partial charge < -0.3 is 39.9 Å². The van der Waals surface area contributed by atoms with Gasteiger partial charge in [-0.3, -0.25) is 18.6 Å². The predicted molar refractivity (Wildman–Crippen MR) is 246 cm³/mol. The summed E-state index contributed by atoms with van der Waals surface area (Å²) in [7, 11) is -4.74. The minimum absolute atomic E-state index is 0.0348. The third-order valence-corrected chi connectivity index (χ3v) is 9.43. The second-order valence-corrected chi connectivity index (χ2v) is 15.7. The van der Waals surface area contributed by atoms with Crippen molar-refractivity contribution in [3.8, 4) is 0 Å². The number of esters is 2. The normalized spacial score (nSPS) is 16.5. The molecular formula is C48H75O13P. The number of aliphatic hydroxyl groups excluding tert-OH is 5. The highest BCUT2D eigenvalue weighted by Crippen LogP contribution is 2.43. The Kier molecular flexibility index (Phi) is 38.8. The van der Waals surface area contributed by atoms with Crippen LogP contribution in [0, 0.1) is 0 Å². The summed E-state index contributed by atoms with van der Waals surface area (Å²) in [6, 6.07) is 0. The summed E-state index contributed by atoms with van der Waals surface area (Å²) >= 11 is 0. The lowest BCUT2D eigenvalue weighted by Crippen LogP contribution is -2.30. The lowest BCUT2D eigenvalue weighted by atomic mass is 10.1. The van der Waals surface area contributed by atoms with Gasteiger partial charge in [-0.25, -0.2) is 4.57 Å². The number of rotatable bonds is 38. The molecule has 6 atom stereocenters. The van der Waals surface area contributed by atoms with E-state index in [4.69, 9.17) is 19.1 Å². The van der Waals surface area contributed by atoms with Crippen molar-refractivity contribution in [2.45, 2.75) is 141 Å². The monoisotopic (exact) mass is 890 g/mol. The molecule has 0 aliphatic carbocycles. The molecule has 62 heavy (non-hydrogen) atoms. The van der Waals surface area contributed by atoms with Gasteiger partial charge in [-0.1, -0.05) is 155 Å². The highest BCUT2D eigenvalue weighted by molar-refractivity contribution is 7.47. The third-order valence-electron chi connectivity index (χ3n) is 8.48. The van der Waals surface area contributed by atoms with E-state index in [1.54, 1.807) is 42.5 Å². The van der Waals surface area contributed by atoms with Crippen molar-refractivity contribution < 1.29 is 63.1 Å². The second kappa shape index (κ2) is 41.3. The number of phosphoric ester groups is 1. The van der Waals surface area contributed by atoms with Crippen LogP contribution < -0.4 is 0 Å². The number of aliphatic hydroxyl groups is 5. The largest absolute Gasteiger partial charge is 0.472 e. The van der Waals surface area contributed by atoms with Crippen molar-refractivity contribution in [3.63, 3.8) is 0 Å². The molecule has 1 unspecified atom stereocenters. The number of hydrogen-bond donors (Lipinski definition) is 6. The van der Waals surface area contributed by atoms with E-state index in [2.05, 4.69) is 73.1 Å². The Morgan fingerprint density at radius 1 is 0.597 bits per heavy atom. The number of unbranched alkanes of at least 4 members (excludes halogenated alkanes) is 2. The van der Waals surface area contributed by atoms with E-state index in [-0.39, 0.29) is 25.7 Å². The molecule has 0 heterocycles.